The SMILES string of the molecule is C=C(C)C1CC(C)=CC1c1c(O)nc(CCC)c(C2CCC=N2)c1O. The van der Waals surface area contributed by atoms with E-state index in [0.29, 0.717) is 5.56 Å². The fourth-order valence-electron chi connectivity index (χ4n) is 4.18. The van der Waals surface area contributed by atoms with Crippen LogP contribution in [0.15, 0.2) is 28.8 Å². The molecule has 3 rings (SSSR count). The van der Waals surface area contributed by atoms with Gasteiger partial charge in [0.05, 0.1) is 17.3 Å². The molecule has 2 aliphatic rings. The van der Waals surface area contributed by atoms with Gasteiger partial charge in [-0.3, -0.25) is 4.99 Å². The van der Waals surface area contributed by atoms with E-state index in [-0.39, 0.29) is 29.5 Å². The fourth-order valence-corrected chi connectivity index (χ4v) is 4.18. The Morgan fingerprint density at radius 3 is 2.68 bits per heavy atom. The fraction of sp³-hybridized carbons (Fsp3) is 0.524. The van der Waals surface area contributed by atoms with Crippen LogP contribution in [-0.4, -0.2) is 21.4 Å². The van der Waals surface area contributed by atoms with Crippen LogP contribution in [0.2, 0.25) is 0 Å². The van der Waals surface area contributed by atoms with Gasteiger partial charge in [0.15, 0.2) is 0 Å². The van der Waals surface area contributed by atoms with Crippen molar-refractivity contribution < 1.29 is 10.2 Å². The van der Waals surface area contributed by atoms with E-state index in [1.54, 1.807) is 0 Å². The van der Waals surface area contributed by atoms with E-state index in [0.717, 1.165) is 48.9 Å². The lowest BCUT2D eigenvalue weighted by Gasteiger charge is -2.24. The summed E-state index contributed by atoms with van der Waals surface area (Å²) in [6.45, 7) is 10.3. The zero-order valence-electron chi connectivity index (χ0n) is 15.4. The topological polar surface area (TPSA) is 65.7 Å². The zero-order chi connectivity index (χ0) is 18.1. The number of aromatic hydroxyl groups is 2. The summed E-state index contributed by atoms with van der Waals surface area (Å²) in [5, 5.41) is 21.8. The van der Waals surface area contributed by atoms with Gasteiger partial charge < -0.3 is 10.2 Å². The minimum Gasteiger partial charge on any atom is -0.507 e. The van der Waals surface area contributed by atoms with Gasteiger partial charge in [0.2, 0.25) is 5.88 Å². The number of hydrogen-bond acceptors (Lipinski definition) is 4. The van der Waals surface area contributed by atoms with Crippen LogP contribution in [0.1, 0.15) is 75.2 Å². The number of aliphatic imine (C=N–C) groups is 1. The molecule has 1 aromatic heterocycles. The summed E-state index contributed by atoms with van der Waals surface area (Å²) in [7, 11) is 0. The Morgan fingerprint density at radius 2 is 2.08 bits per heavy atom. The second-order valence-electron chi connectivity index (χ2n) is 7.43. The third-order valence-corrected chi connectivity index (χ3v) is 5.38. The summed E-state index contributed by atoms with van der Waals surface area (Å²) in [6, 6.07) is -0.0526. The molecule has 4 heteroatoms. The largest absolute Gasteiger partial charge is 0.507 e. The number of aryl methyl sites for hydroxylation is 1. The molecular weight excluding hydrogens is 312 g/mol. The van der Waals surface area contributed by atoms with Gasteiger partial charge in [0.25, 0.3) is 0 Å². The molecular formula is C21H28N2O2. The van der Waals surface area contributed by atoms with Crippen molar-refractivity contribution in [2.45, 2.75) is 64.8 Å². The van der Waals surface area contributed by atoms with Gasteiger partial charge in [-0.2, -0.15) is 0 Å². The molecule has 0 fully saturated rings. The average Bonchev–Trinajstić information content (AvgIpc) is 3.17. The second kappa shape index (κ2) is 7.03. The van der Waals surface area contributed by atoms with Gasteiger partial charge >= 0.3 is 0 Å². The molecule has 0 saturated carbocycles. The summed E-state index contributed by atoms with van der Waals surface area (Å²) in [5.41, 5.74) is 4.45. The Hall–Kier alpha value is -2.10. The molecule has 0 radical (unpaired) electrons. The first-order valence-electron chi connectivity index (χ1n) is 9.22. The molecule has 4 nitrogen and oxygen atoms in total. The molecule has 1 aromatic rings. The van der Waals surface area contributed by atoms with Crippen molar-refractivity contribution in [3.63, 3.8) is 0 Å². The zero-order valence-corrected chi connectivity index (χ0v) is 15.4. The predicted octanol–water partition coefficient (Wildman–Crippen LogP) is 4.98. The number of allylic oxidation sites excluding steroid dienone is 3. The first-order valence-corrected chi connectivity index (χ1v) is 9.22. The molecule has 0 spiro atoms. The van der Waals surface area contributed by atoms with Crippen LogP contribution < -0.4 is 0 Å². The van der Waals surface area contributed by atoms with Crippen molar-refractivity contribution in [1.29, 1.82) is 0 Å². The molecule has 0 aromatic carbocycles. The number of rotatable bonds is 5. The Kier molecular flexibility index (Phi) is 4.98. The Bertz CT molecular complexity index is 749. The van der Waals surface area contributed by atoms with E-state index in [1.165, 1.54) is 5.57 Å². The van der Waals surface area contributed by atoms with Crippen molar-refractivity contribution in [1.82, 2.24) is 4.98 Å². The van der Waals surface area contributed by atoms with Crippen molar-refractivity contribution >= 4 is 6.21 Å². The van der Waals surface area contributed by atoms with Gasteiger partial charge in [-0.1, -0.05) is 37.1 Å². The lowest BCUT2D eigenvalue weighted by Crippen LogP contribution is -2.12. The summed E-state index contributed by atoms with van der Waals surface area (Å²) < 4.78 is 0. The molecule has 3 unspecified atom stereocenters. The van der Waals surface area contributed by atoms with E-state index < -0.39 is 0 Å². The van der Waals surface area contributed by atoms with Crippen LogP contribution >= 0.6 is 0 Å². The molecule has 3 atom stereocenters. The molecule has 2 N–H and O–H groups in total. The summed E-state index contributed by atoms with van der Waals surface area (Å²) in [5.74, 6) is 0.247. The van der Waals surface area contributed by atoms with Crippen LogP contribution in [0.4, 0.5) is 0 Å². The van der Waals surface area contributed by atoms with E-state index in [2.05, 4.69) is 36.5 Å². The lowest BCUT2D eigenvalue weighted by atomic mass is 9.82. The standard InChI is InChI=1S/C21H28N2O2/c1-5-7-17-19(16-8-6-9-22-16)20(24)18(21(25)23-17)15-11-13(4)10-14(15)12(2)3/h9,11,14-16H,2,5-8,10H2,1,3-4H3,(H2,23,24,25). The lowest BCUT2D eigenvalue weighted by molar-refractivity contribution is 0.399. The first-order chi connectivity index (χ1) is 11.9. The normalized spacial score (nSPS) is 25.4. The summed E-state index contributed by atoms with van der Waals surface area (Å²) in [4.78, 5) is 9.03. The third kappa shape index (κ3) is 3.22. The van der Waals surface area contributed by atoms with E-state index in [1.807, 2.05) is 13.1 Å². The molecule has 0 bridgehead atoms. The first kappa shape index (κ1) is 17.7. The molecule has 134 valence electrons. The van der Waals surface area contributed by atoms with Crippen LogP contribution in [0, 0.1) is 5.92 Å². The van der Waals surface area contributed by atoms with E-state index in [4.69, 9.17) is 0 Å². The number of hydrogen-bond donors (Lipinski definition) is 2. The Balaban J connectivity index is 2.15. The highest BCUT2D eigenvalue weighted by Crippen LogP contribution is 2.50. The number of nitrogens with zero attached hydrogens (tertiary/aromatic N) is 2. The van der Waals surface area contributed by atoms with Gasteiger partial charge in [0.1, 0.15) is 5.75 Å². The highest BCUT2D eigenvalue weighted by molar-refractivity contribution is 5.62. The molecule has 1 aliphatic heterocycles. The number of aromatic nitrogens is 1. The van der Waals surface area contributed by atoms with Crippen LogP contribution in [-0.2, 0) is 6.42 Å². The van der Waals surface area contributed by atoms with Crippen LogP contribution in [0.25, 0.3) is 0 Å². The quantitative estimate of drug-likeness (QED) is 0.743. The van der Waals surface area contributed by atoms with E-state index >= 15 is 0 Å². The van der Waals surface area contributed by atoms with Gasteiger partial charge in [-0.15, -0.1) is 0 Å². The average molecular weight is 340 g/mol. The minimum atomic E-state index is -0.0789. The van der Waals surface area contributed by atoms with E-state index in [9.17, 15) is 10.2 Å². The molecule has 25 heavy (non-hydrogen) atoms. The van der Waals surface area contributed by atoms with Crippen molar-refractivity contribution in [3.05, 3.63) is 40.6 Å². The van der Waals surface area contributed by atoms with Crippen molar-refractivity contribution in [3.8, 4) is 11.6 Å². The molecule has 1 aliphatic carbocycles. The molecule has 0 amide bonds. The van der Waals surface area contributed by atoms with Gasteiger partial charge in [-0.05, 0) is 51.7 Å². The maximum atomic E-state index is 11.2. The minimum absolute atomic E-state index is 0.0473. The highest BCUT2D eigenvalue weighted by atomic mass is 16.3. The third-order valence-electron chi connectivity index (χ3n) is 5.38. The van der Waals surface area contributed by atoms with Crippen molar-refractivity contribution in [2.75, 3.05) is 0 Å². The van der Waals surface area contributed by atoms with Gasteiger partial charge in [0, 0.05) is 11.5 Å². The Morgan fingerprint density at radius 1 is 1.32 bits per heavy atom. The monoisotopic (exact) mass is 340 g/mol. The smallest absolute Gasteiger partial charge is 0.218 e. The maximum absolute atomic E-state index is 11.2. The summed E-state index contributed by atoms with van der Waals surface area (Å²) in [6.07, 6.45) is 8.41. The maximum Gasteiger partial charge on any atom is 0.218 e. The van der Waals surface area contributed by atoms with Crippen LogP contribution in [0.5, 0.6) is 11.6 Å². The highest BCUT2D eigenvalue weighted by Gasteiger charge is 2.35. The van der Waals surface area contributed by atoms with Crippen LogP contribution in [0.3, 0.4) is 0 Å². The second-order valence-corrected chi connectivity index (χ2v) is 7.43. The molecule has 2 heterocycles. The van der Waals surface area contributed by atoms with Crippen molar-refractivity contribution in [2.24, 2.45) is 10.9 Å². The predicted molar refractivity (Wildman–Crippen MR) is 101 cm³/mol. The number of pyridine rings is 1. The summed E-state index contributed by atoms with van der Waals surface area (Å²) >= 11 is 0. The molecule has 0 saturated heterocycles. The Labute approximate surface area is 150 Å². The van der Waals surface area contributed by atoms with Gasteiger partial charge in [-0.25, -0.2) is 4.98 Å².